The Morgan fingerprint density at radius 1 is 1.09 bits per heavy atom. The summed E-state index contributed by atoms with van der Waals surface area (Å²) in [5.74, 6) is 1.51. The normalized spacial score (nSPS) is 27.3. The SMILES string of the molecule is CN1C[C@H]2CN(CCOCCO)C[C@H]2[C@@H]1c1ccccc1.Cl.Cl. The van der Waals surface area contributed by atoms with E-state index in [1.54, 1.807) is 0 Å². The summed E-state index contributed by atoms with van der Waals surface area (Å²) in [4.78, 5) is 5.04. The largest absolute Gasteiger partial charge is 0.394 e. The molecule has 1 N–H and O–H groups in total. The molecule has 2 aliphatic heterocycles. The van der Waals surface area contributed by atoms with Crippen LogP contribution >= 0.6 is 24.8 Å². The van der Waals surface area contributed by atoms with E-state index in [-0.39, 0.29) is 31.4 Å². The Bertz CT molecular complexity index is 449. The number of ether oxygens (including phenoxy) is 1. The predicted octanol–water partition coefficient (Wildman–Crippen LogP) is 2.07. The molecule has 0 amide bonds. The summed E-state index contributed by atoms with van der Waals surface area (Å²) in [5.41, 5.74) is 1.45. The van der Waals surface area contributed by atoms with Crippen LogP contribution in [0, 0.1) is 11.8 Å². The molecule has 2 heterocycles. The van der Waals surface area contributed by atoms with Crippen molar-refractivity contribution in [1.82, 2.24) is 9.80 Å². The first-order chi connectivity index (χ1) is 10.3. The highest BCUT2D eigenvalue weighted by Crippen LogP contribution is 2.43. The standard InChI is InChI=1S/C17H26N2O2.2ClH/c1-18-11-15-12-19(7-9-21-10-8-20)13-16(15)17(18)14-5-3-2-4-6-14;;/h2-6,15-17,20H,7-13H2,1H3;2*1H/t15-,16+,17-;;/m0../s1. The zero-order valence-electron chi connectivity index (χ0n) is 13.6. The molecule has 0 aromatic heterocycles. The van der Waals surface area contributed by atoms with E-state index in [9.17, 15) is 0 Å². The molecule has 1 aromatic carbocycles. The quantitative estimate of drug-likeness (QED) is 0.785. The summed E-state index contributed by atoms with van der Waals surface area (Å²) in [6, 6.07) is 11.5. The van der Waals surface area contributed by atoms with E-state index in [1.165, 1.54) is 18.7 Å². The van der Waals surface area contributed by atoms with E-state index in [0.29, 0.717) is 12.6 Å². The third-order valence-corrected chi connectivity index (χ3v) is 4.90. The molecule has 3 rings (SSSR count). The Morgan fingerprint density at radius 2 is 1.83 bits per heavy atom. The molecule has 2 aliphatic rings. The first-order valence-electron chi connectivity index (χ1n) is 7.95. The summed E-state index contributed by atoms with van der Waals surface area (Å²) in [6.45, 7) is 5.82. The van der Waals surface area contributed by atoms with Crippen LogP contribution in [0.25, 0.3) is 0 Å². The maximum Gasteiger partial charge on any atom is 0.0698 e. The number of hydrogen-bond donors (Lipinski definition) is 1. The lowest BCUT2D eigenvalue weighted by molar-refractivity contribution is 0.0752. The highest BCUT2D eigenvalue weighted by atomic mass is 35.5. The molecule has 2 fully saturated rings. The van der Waals surface area contributed by atoms with E-state index in [2.05, 4.69) is 47.2 Å². The van der Waals surface area contributed by atoms with Gasteiger partial charge >= 0.3 is 0 Å². The van der Waals surface area contributed by atoms with Gasteiger partial charge < -0.3 is 14.7 Å². The second-order valence-corrected chi connectivity index (χ2v) is 6.31. The molecule has 0 aliphatic carbocycles. The summed E-state index contributed by atoms with van der Waals surface area (Å²) in [5, 5.41) is 8.74. The third kappa shape index (κ3) is 4.81. The van der Waals surface area contributed by atoms with Crippen molar-refractivity contribution >= 4 is 24.8 Å². The lowest BCUT2D eigenvalue weighted by Crippen LogP contribution is -2.31. The van der Waals surface area contributed by atoms with Gasteiger partial charge in [-0.2, -0.15) is 0 Å². The number of nitrogens with zero attached hydrogens (tertiary/aromatic N) is 2. The molecule has 23 heavy (non-hydrogen) atoms. The summed E-state index contributed by atoms with van der Waals surface area (Å²) >= 11 is 0. The molecule has 6 heteroatoms. The van der Waals surface area contributed by atoms with Crippen molar-refractivity contribution < 1.29 is 9.84 Å². The fourth-order valence-electron chi connectivity index (χ4n) is 4.04. The lowest BCUT2D eigenvalue weighted by Gasteiger charge is -2.26. The van der Waals surface area contributed by atoms with Gasteiger partial charge in [0.25, 0.3) is 0 Å². The van der Waals surface area contributed by atoms with Gasteiger partial charge in [0.15, 0.2) is 0 Å². The molecular weight excluding hydrogens is 335 g/mol. The maximum absolute atomic E-state index is 8.74. The van der Waals surface area contributed by atoms with Crippen molar-refractivity contribution in [1.29, 1.82) is 0 Å². The number of hydrogen-bond acceptors (Lipinski definition) is 4. The topological polar surface area (TPSA) is 35.9 Å². The molecule has 0 unspecified atom stereocenters. The van der Waals surface area contributed by atoms with Gasteiger partial charge in [-0.05, 0) is 24.4 Å². The summed E-state index contributed by atoms with van der Waals surface area (Å²) in [6.07, 6.45) is 0. The number of aliphatic hydroxyl groups excluding tert-OH is 1. The summed E-state index contributed by atoms with van der Waals surface area (Å²) in [7, 11) is 2.25. The number of benzene rings is 1. The van der Waals surface area contributed by atoms with Gasteiger partial charge in [-0.1, -0.05) is 30.3 Å². The van der Waals surface area contributed by atoms with Crippen LogP contribution in [0.15, 0.2) is 30.3 Å². The minimum atomic E-state index is 0. The Hall–Kier alpha value is -0.360. The number of fused-ring (bicyclic) bond motifs is 1. The number of halogens is 2. The molecule has 0 saturated carbocycles. The van der Waals surface area contributed by atoms with E-state index in [1.807, 2.05) is 0 Å². The highest BCUT2D eigenvalue weighted by Gasteiger charge is 2.45. The van der Waals surface area contributed by atoms with Crippen LogP contribution in [-0.4, -0.2) is 68.0 Å². The smallest absolute Gasteiger partial charge is 0.0698 e. The molecule has 0 spiro atoms. The molecule has 0 bridgehead atoms. The predicted molar refractivity (Wildman–Crippen MR) is 97.6 cm³/mol. The zero-order chi connectivity index (χ0) is 14.7. The van der Waals surface area contributed by atoms with Crippen LogP contribution in [0.2, 0.25) is 0 Å². The van der Waals surface area contributed by atoms with Crippen molar-refractivity contribution in [3.8, 4) is 0 Å². The van der Waals surface area contributed by atoms with Gasteiger partial charge in [0.1, 0.15) is 0 Å². The van der Waals surface area contributed by atoms with Crippen molar-refractivity contribution in [2.75, 3.05) is 53.0 Å². The fourth-order valence-corrected chi connectivity index (χ4v) is 4.04. The first kappa shape index (κ1) is 20.7. The van der Waals surface area contributed by atoms with Crippen LogP contribution in [-0.2, 0) is 4.74 Å². The molecular formula is C17H28Cl2N2O2. The Balaban J connectivity index is 0.00000132. The number of aliphatic hydroxyl groups is 1. The van der Waals surface area contributed by atoms with Crippen molar-refractivity contribution in [2.45, 2.75) is 6.04 Å². The van der Waals surface area contributed by atoms with Gasteiger partial charge in [-0.3, -0.25) is 4.90 Å². The molecule has 1 aromatic rings. The van der Waals surface area contributed by atoms with Gasteiger partial charge in [0.2, 0.25) is 0 Å². The molecule has 132 valence electrons. The van der Waals surface area contributed by atoms with E-state index in [4.69, 9.17) is 9.84 Å². The maximum atomic E-state index is 8.74. The average molecular weight is 363 g/mol. The van der Waals surface area contributed by atoms with E-state index < -0.39 is 0 Å². The van der Waals surface area contributed by atoms with Crippen molar-refractivity contribution in [3.63, 3.8) is 0 Å². The van der Waals surface area contributed by atoms with E-state index >= 15 is 0 Å². The lowest BCUT2D eigenvalue weighted by atomic mass is 9.90. The van der Waals surface area contributed by atoms with Crippen LogP contribution < -0.4 is 0 Å². The average Bonchev–Trinajstić information content (AvgIpc) is 3.00. The Labute approximate surface area is 151 Å². The second-order valence-electron chi connectivity index (χ2n) is 6.31. The molecule has 2 saturated heterocycles. The molecule has 0 radical (unpaired) electrons. The number of rotatable bonds is 6. The van der Waals surface area contributed by atoms with Crippen molar-refractivity contribution in [3.05, 3.63) is 35.9 Å². The van der Waals surface area contributed by atoms with Crippen LogP contribution in [0.1, 0.15) is 11.6 Å². The monoisotopic (exact) mass is 362 g/mol. The Kier molecular flexibility index (Phi) is 8.83. The first-order valence-corrected chi connectivity index (χ1v) is 7.95. The summed E-state index contributed by atoms with van der Waals surface area (Å²) < 4.78 is 5.40. The zero-order valence-corrected chi connectivity index (χ0v) is 15.3. The second kappa shape index (κ2) is 9.82. The molecule has 3 atom stereocenters. The van der Waals surface area contributed by atoms with Gasteiger partial charge in [-0.15, -0.1) is 24.8 Å². The van der Waals surface area contributed by atoms with E-state index in [0.717, 1.165) is 31.5 Å². The van der Waals surface area contributed by atoms with Gasteiger partial charge in [-0.25, -0.2) is 0 Å². The minimum absolute atomic E-state index is 0. The van der Waals surface area contributed by atoms with Gasteiger partial charge in [0, 0.05) is 32.2 Å². The van der Waals surface area contributed by atoms with Crippen LogP contribution in [0.3, 0.4) is 0 Å². The molecule has 4 nitrogen and oxygen atoms in total. The third-order valence-electron chi connectivity index (χ3n) is 4.90. The van der Waals surface area contributed by atoms with Crippen LogP contribution in [0.4, 0.5) is 0 Å². The Morgan fingerprint density at radius 3 is 2.52 bits per heavy atom. The fraction of sp³-hybridized carbons (Fsp3) is 0.647. The minimum Gasteiger partial charge on any atom is -0.394 e. The van der Waals surface area contributed by atoms with Gasteiger partial charge in [0.05, 0.1) is 19.8 Å². The number of likely N-dealkylation sites (tertiary alicyclic amines) is 2. The van der Waals surface area contributed by atoms with Crippen LogP contribution in [0.5, 0.6) is 0 Å². The van der Waals surface area contributed by atoms with Crippen molar-refractivity contribution in [2.24, 2.45) is 11.8 Å². The highest BCUT2D eigenvalue weighted by molar-refractivity contribution is 5.85.